The van der Waals surface area contributed by atoms with Crippen molar-refractivity contribution in [3.05, 3.63) is 113 Å². The maximum Gasteiger partial charge on any atom is 0.261 e. The number of hydrogen-bond donors (Lipinski definition) is 1. The number of fused-ring (bicyclic) bond motifs is 1. The van der Waals surface area contributed by atoms with E-state index in [1.165, 1.54) is 17.0 Å². The predicted molar refractivity (Wildman–Crippen MR) is 123 cm³/mol. The van der Waals surface area contributed by atoms with E-state index in [1.54, 1.807) is 23.0 Å². The van der Waals surface area contributed by atoms with Crippen LogP contribution in [-0.2, 0) is 6.42 Å². The third-order valence-corrected chi connectivity index (χ3v) is 5.55. The first-order valence-corrected chi connectivity index (χ1v) is 10.6. The van der Waals surface area contributed by atoms with Gasteiger partial charge in [-0.2, -0.15) is 5.10 Å². The Morgan fingerprint density at radius 2 is 1.52 bits per heavy atom. The van der Waals surface area contributed by atoms with Gasteiger partial charge in [-0.15, -0.1) is 0 Å². The molecular weight excluding hydrogens is 416 g/mol. The Morgan fingerprint density at radius 3 is 2.27 bits per heavy atom. The highest BCUT2D eigenvalue weighted by molar-refractivity contribution is 6.22. The minimum absolute atomic E-state index is 0.246. The number of rotatable bonds is 6. The Hall–Kier alpha value is -4.52. The summed E-state index contributed by atoms with van der Waals surface area (Å²) >= 11 is 0. The van der Waals surface area contributed by atoms with E-state index >= 15 is 0 Å². The molecule has 0 unspecified atom stereocenters. The van der Waals surface area contributed by atoms with Crippen molar-refractivity contribution in [2.24, 2.45) is 0 Å². The molecule has 0 aliphatic carbocycles. The Bertz CT molecular complexity index is 1350. The first-order valence-electron chi connectivity index (χ1n) is 10.6. The fourth-order valence-electron chi connectivity index (χ4n) is 3.82. The molecule has 7 heteroatoms. The molecule has 0 saturated heterocycles. The second kappa shape index (κ2) is 8.55. The Morgan fingerprint density at radius 1 is 0.818 bits per heavy atom. The standard InChI is InChI=1S/C26H20N4O3/c31-24(27-23-14-16-30(28-23)20-9-5-2-6-10-20)19-11-12-21-22(17-19)26(33)29(25(21)32)15-13-18-7-3-1-4-8-18/h1-12,14,16-17H,13,15H2,(H,27,28,31). The topological polar surface area (TPSA) is 84.3 Å². The van der Waals surface area contributed by atoms with E-state index in [1.807, 2.05) is 60.7 Å². The molecule has 1 aromatic heterocycles. The number of aromatic nitrogens is 2. The van der Waals surface area contributed by atoms with Gasteiger partial charge in [0.25, 0.3) is 17.7 Å². The molecule has 1 aliphatic rings. The van der Waals surface area contributed by atoms with E-state index in [2.05, 4.69) is 10.4 Å². The summed E-state index contributed by atoms with van der Waals surface area (Å²) in [6.45, 7) is 0.287. The zero-order valence-corrected chi connectivity index (χ0v) is 17.6. The molecule has 1 N–H and O–H groups in total. The van der Waals surface area contributed by atoms with Gasteiger partial charge in [0.15, 0.2) is 5.82 Å². The first kappa shape index (κ1) is 20.4. The summed E-state index contributed by atoms with van der Waals surface area (Å²) < 4.78 is 1.66. The molecule has 4 aromatic rings. The molecule has 33 heavy (non-hydrogen) atoms. The largest absolute Gasteiger partial charge is 0.305 e. The molecule has 0 fully saturated rings. The maximum atomic E-state index is 12.9. The molecule has 3 amide bonds. The minimum atomic E-state index is -0.404. The van der Waals surface area contributed by atoms with Crippen molar-refractivity contribution >= 4 is 23.5 Å². The number of nitrogens with one attached hydrogen (secondary N) is 1. The molecule has 1 aliphatic heterocycles. The normalized spacial score (nSPS) is 12.7. The van der Waals surface area contributed by atoms with Crippen LogP contribution in [-0.4, -0.2) is 38.9 Å². The number of hydrogen-bond acceptors (Lipinski definition) is 4. The number of imide groups is 1. The number of amides is 3. The highest BCUT2D eigenvalue weighted by Crippen LogP contribution is 2.25. The Kier molecular flexibility index (Phi) is 5.28. The number of carbonyl (C=O) groups is 3. The van der Waals surface area contributed by atoms with E-state index in [-0.39, 0.29) is 29.5 Å². The van der Waals surface area contributed by atoms with Crippen LogP contribution in [0.25, 0.3) is 5.69 Å². The van der Waals surface area contributed by atoms with Crippen LogP contribution in [0.1, 0.15) is 36.6 Å². The van der Waals surface area contributed by atoms with E-state index in [4.69, 9.17) is 0 Å². The second-order valence-electron chi connectivity index (χ2n) is 7.69. The molecule has 2 heterocycles. The van der Waals surface area contributed by atoms with Crippen LogP contribution >= 0.6 is 0 Å². The molecule has 0 bridgehead atoms. The first-order chi connectivity index (χ1) is 16.1. The van der Waals surface area contributed by atoms with E-state index in [0.29, 0.717) is 17.8 Å². The smallest absolute Gasteiger partial charge is 0.261 e. The predicted octanol–water partition coefficient (Wildman–Crippen LogP) is 3.96. The minimum Gasteiger partial charge on any atom is -0.305 e. The number of carbonyl (C=O) groups excluding carboxylic acids is 3. The molecule has 162 valence electrons. The second-order valence-corrected chi connectivity index (χ2v) is 7.69. The van der Waals surface area contributed by atoms with Crippen LogP contribution in [0, 0.1) is 0 Å². The molecule has 0 radical (unpaired) electrons. The van der Waals surface area contributed by atoms with Crippen molar-refractivity contribution in [3.8, 4) is 5.69 Å². The van der Waals surface area contributed by atoms with Crippen LogP contribution in [0.2, 0.25) is 0 Å². The molecule has 5 rings (SSSR count). The summed E-state index contributed by atoms with van der Waals surface area (Å²) in [7, 11) is 0. The van der Waals surface area contributed by atoms with Gasteiger partial charge < -0.3 is 5.32 Å². The van der Waals surface area contributed by atoms with Crippen molar-refractivity contribution in [1.82, 2.24) is 14.7 Å². The van der Waals surface area contributed by atoms with Crippen LogP contribution in [0.3, 0.4) is 0 Å². The third-order valence-electron chi connectivity index (χ3n) is 5.55. The molecule has 0 atom stereocenters. The summed E-state index contributed by atoms with van der Waals surface area (Å²) in [6.07, 6.45) is 2.32. The monoisotopic (exact) mass is 436 g/mol. The highest BCUT2D eigenvalue weighted by atomic mass is 16.2. The average Bonchev–Trinajstić information content (AvgIpc) is 3.41. The zero-order valence-electron chi connectivity index (χ0n) is 17.6. The summed E-state index contributed by atoms with van der Waals surface area (Å²) in [5.74, 6) is -0.733. The van der Waals surface area contributed by atoms with Gasteiger partial charge in [0.1, 0.15) is 0 Å². The van der Waals surface area contributed by atoms with Crippen LogP contribution < -0.4 is 5.32 Å². The van der Waals surface area contributed by atoms with Crippen molar-refractivity contribution < 1.29 is 14.4 Å². The third kappa shape index (κ3) is 4.04. The van der Waals surface area contributed by atoms with Gasteiger partial charge in [0, 0.05) is 24.4 Å². The fraction of sp³-hybridized carbons (Fsp3) is 0.0769. The zero-order chi connectivity index (χ0) is 22.8. The lowest BCUT2D eigenvalue weighted by Gasteiger charge is -2.13. The van der Waals surface area contributed by atoms with Gasteiger partial charge in [-0.1, -0.05) is 48.5 Å². The van der Waals surface area contributed by atoms with Crippen LogP contribution in [0.4, 0.5) is 5.82 Å². The van der Waals surface area contributed by atoms with E-state index in [0.717, 1.165) is 11.3 Å². The van der Waals surface area contributed by atoms with Crippen molar-refractivity contribution in [3.63, 3.8) is 0 Å². The lowest BCUT2D eigenvalue weighted by atomic mass is 10.1. The number of nitrogens with zero attached hydrogens (tertiary/aromatic N) is 3. The number of para-hydroxylation sites is 1. The van der Waals surface area contributed by atoms with Crippen LogP contribution in [0.5, 0.6) is 0 Å². The SMILES string of the molecule is O=C(Nc1ccn(-c2ccccc2)n1)c1ccc2c(c1)C(=O)N(CCc1ccccc1)C2=O. The van der Waals surface area contributed by atoms with Gasteiger partial charge in [-0.05, 0) is 42.3 Å². The summed E-state index contributed by atoms with van der Waals surface area (Å²) in [6, 6.07) is 25.5. The van der Waals surface area contributed by atoms with Crippen LogP contribution in [0.15, 0.2) is 91.1 Å². The summed E-state index contributed by atoms with van der Waals surface area (Å²) in [5, 5.41) is 7.11. The molecule has 3 aromatic carbocycles. The fourth-order valence-corrected chi connectivity index (χ4v) is 3.82. The lowest BCUT2D eigenvalue weighted by molar-refractivity contribution is 0.0656. The van der Waals surface area contributed by atoms with Gasteiger partial charge >= 0.3 is 0 Å². The van der Waals surface area contributed by atoms with Gasteiger partial charge in [0.2, 0.25) is 0 Å². The van der Waals surface area contributed by atoms with E-state index < -0.39 is 5.91 Å². The van der Waals surface area contributed by atoms with Gasteiger partial charge in [0.05, 0.1) is 16.8 Å². The average molecular weight is 436 g/mol. The molecule has 0 saturated carbocycles. The Balaban J connectivity index is 1.30. The summed E-state index contributed by atoms with van der Waals surface area (Å²) in [4.78, 5) is 39.6. The van der Waals surface area contributed by atoms with Gasteiger partial charge in [-0.3, -0.25) is 19.3 Å². The van der Waals surface area contributed by atoms with Crippen molar-refractivity contribution in [1.29, 1.82) is 0 Å². The van der Waals surface area contributed by atoms with E-state index in [9.17, 15) is 14.4 Å². The lowest BCUT2D eigenvalue weighted by Crippen LogP contribution is -2.31. The number of anilines is 1. The summed E-state index contributed by atoms with van der Waals surface area (Å²) in [5.41, 5.74) is 2.77. The molecule has 7 nitrogen and oxygen atoms in total. The number of benzene rings is 3. The quantitative estimate of drug-likeness (QED) is 0.464. The molecular formula is C26H20N4O3. The Labute approximate surface area is 190 Å². The van der Waals surface area contributed by atoms with Crippen molar-refractivity contribution in [2.75, 3.05) is 11.9 Å². The highest BCUT2D eigenvalue weighted by Gasteiger charge is 2.35. The maximum absolute atomic E-state index is 12.9. The van der Waals surface area contributed by atoms with Crippen molar-refractivity contribution in [2.45, 2.75) is 6.42 Å². The van der Waals surface area contributed by atoms with Gasteiger partial charge in [-0.25, -0.2) is 4.68 Å². The molecule has 0 spiro atoms.